The standard InChI is InChI=1S/C23H27BrN2O2/c1-17-13-25(15-20-7-10-22(24)11-8-20)14-18(2)26(17)16-21-5-3-19(4-6-21)9-12-23(27)28/h3-12,17-18H,13-16H2,1-2H3,(H,27,28)/b12-9+/t17-,18+. The molecule has 0 unspecified atom stereocenters. The van der Waals surface area contributed by atoms with Crippen LogP contribution >= 0.6 is 15.9 Å². The van der Waals surface area contributed by atoms with Crippen molar-refractivity contribution in [2.75, 3.05) is 13.1 Å². The highest BCUT2D eigenvalue weighted by Gasteiger charge is 2.29. The average molecular weight is 443 g/mol. The van der Waals surface area contributed by atoms with Gasteiger partial charge in [0.1, 0.15) is 0 Å². The summed E-state index contributed by atoms with van der Waals surface area (Å²) in [5.74, 6) is -0.923. The Labute approximate surface area is 175 Å². The third-order valence-corrected chi connectivity index (χ3v) is 5.79. The number of piperazine rings is 1. The fraction of sp³-hybridized carbons (Fsp3) is 0.348. The molecule has 148 valence electrons. The van der Waals surface area contributed by atoms with E-state index in [1.165, 1.54) is 17.2 Å². The van der Waals surface area contributed by atoms with Crippen LogP contribution < -0.4 is 0 Å². The number of halogens is 1. The summed E-state index contributed by atoms with van der Waals surface area (Å²) in [7, 11) is 0. The van der Waals surface area contributed by atoms with Crippen molar-refractivity contribution in [1.82, 2.24) is 9.80 Å². The molecule has 0 aromatic heterocycles. The molecular formula is C23H27BrN2O2. The largest absolute Gasteiger partial charge is 0.478 e. The minimum absolute atomic E-state index is 0.478. The van der Waals surface area contributed by atoms with Crippen molar-refractivity contribution in [3.05, 3.63) is 75.8 Å². The van der Waals surface area contributed by atoms with E-state index in [4.69, 9.17) is 5.11 Å². The second-order valence-electron chi connectivity index (χ2n) is 7.60. The molecule has 2 atom stereocenters. The molecule has 1 aliphatic heterocycles. The van der Waals surface area contributed by atoms with E-state index in [-0.39, 0.29) is 0 Å². The highest BCUT2D eigenvalue weighted by Crippen LogP contribution is 2.21. The van der Waals surface area contributed by atoms with E-state index in [1.807, 2.05) is 12.1 Å². The number of aliphatic carboxylic acids is 1. The van der Waals surface area contributed by atoms with E-state index in [9.17, 15) is 4.79 Å². The summed E-state index contributed by atoms with van der Waals surface area (Å²) in [6.07, 6.45) is 2.79. The maximum atomic E-state index is 10.6. The smallest absolute Gasteiger partial charge is 0.328 e. The van der Waals surface area contributed by atoms with Crippen LogP contribution in [0, 0.1) is 0 Å². The maximum Gasteiger partial charge on any atom is 0.328 e. The Hall–Kier alpha value is -1.95. The Morgan fingerprint density at radius 1 is 1.00 bits per heavy atom. The highest BCUT2D eigenvalue weighted by atomic mass is 79.9. The second kappa shape index (κ2) is 9.50. The van der Waals surface area contributed by atoms with Crippen LogP contribution in [0.15, 0.2) is 59.1 Å². The summed E-state index contributed by atoms with van der Waals surface area (Å²) >= 11 is 3.50. The first kappa shape index (κ1) is 20.8. The Morgan fingerprint density at radius 3 is 2.11 bits per heavy atom. The zero-order valence-corrected chi connectivity index (χ0v) is 18.0. The maximum absolute atomic E-state index is 10.6. The molecule has 2 aromatic carbocycles. The lowest BCUT2D eigenvalue weighted by Gasteiger charge is -2.44. The number of benzene rings is 2. The van der Waals surface area contributed by atoms with E-state index in [1.54, 1.807) is 6.08 Å². The van der Waals surface area contributed by atoms with Gasteiger partial charge in [0.15, 0.2) is 0 Å². The summed E-state index contributed by atoms with van der Waals surface area (Å²) in [6.45, 7) is 8.61. The minimum Gasteiger partial charge on any atom is -0.478 e. The van der Waals surface area contributed by atoms with E-state index in [2.05, 4.69) is 76.0 Å². The van der Waals surface area contributed by atoms with Crippen molar-refractivity contribution < 1.29 is 9.90 Å². The summed E-state index contributed by atoms with van der Waals surface area (Å²) in [5.41, 5.74) is 3.51. The molecular weight excluding hydrogens is 416 g/mol. The summed E-state index contributed by atoms with van der Waals surface area (Å²) < 4.78 is 1.12. The van der Waals surface area contributed by atoms with Crippen molar-refractivity contribution in [2.45, 2.75) is 39.0 Å². The molecule has 2 aromatic rings. The molecule has 0 spiro atoms. The first-order valence-corrected chi connectivity index (χ1v) is 10.4. The van der Waals surface area contributed by atoms with Crippen LogP contribution in [0.5, 0.6) is 0 Å². The van der Waals surface area contributed by atoms with E-state index in [0.29, 0.717) is 12.1 Å². The number of carboxylic acid groups (broad SMARTS) is 1. The van der Waals surface area contributed by atoms with Gasteiger partial charge in [0.2, 0.25) is 0 Å². The molecule has 4 nitrogen and oxygen atoms in total. The first-order chi connectivity index (χ1) is 13.4. The number of hydrogen-bond acceptors (Lipinski definition) is 3. The Morgan fingerprint density at radius 2 is 1.54 bits per heavy atom. The van der Waals surface area contributed by atoms with Gasteiger partial charge < -0.3 is 5.11 Å². The number of carboxylic acids is 1. The molecule has 0 saturated carbocycles. The zero-order chi connectivity index (χ0) is 20.1. The Bertz CT molecular complexity index is 806. The van der Waals surface area contributed by atoms with E-state index in [0.717, 1.165) is 36.2 Å². The van der Waals surface area contributed by atoms with Crippen molar-refractivity contribution >= 4 is 28.0 Å². The molecule has 3 rings (SSSR count). The number of carbonyl (C=O) groups is 1. The number of rotatable bonds is 6. The van der Waals surface area contributed by atoms with Crippen LogP contribution in [0.3, 0.4) is 0 Å². The van der Waals surface area contributed by atoms with E-state index >= 15 is 0 Å². The van der Waals surface area contributed by atoms with Crippen LogP contribution in [0.2, 0.25) is 0 Å². The lowest BCUT2D eigenvalue weighted by molar-refractivity contribution is -0.131. The quantitative estimate of drug-likeness (QED) is 0.661. The number of hydrogen-bond donors (Lipinski definition) is 1. The van der Waals surface area contributed by atoms with Gasteiger partial charge in [-0.05, 0) is 48.7 Å². The molecule has 1 heterocycles. The van der Waals surface area contributed by atoms with Gasteiger partial charge in [-0.3, -0.25) is 9.80 Å². The van der Waals surface area contributed by atoms with Crippen molar-refractivity contribution in [3.63, 3.8) is 0 Å². The zero-order valence-electron chi connectivity index (χ0n) is 16.4. The molecule has 28 heavy (non-hydrogen) atoms. The Balaban J connectivity index is 1.58. The summed E-state index contributed by atoms with van der Waals surface area (Å²) in [5, 5.41) is 8.73. The third kappa shape index (κ3) is 5.77. The van der Waals surface area contributed by atoms with Crippen LogP contribution in [0.1, 0.15) is 30.5 Å². The van der Waals surface area contributed by atoms with Crippen molar-refractivity contribution in [2.24, 2.45) is 0 Å². The molecule has 5 heteroatoms. The summed E-state index contributed by atoms with van der Waals surface area (Å²) in [4.78, 5) is 15.7. The Kier molecular flexibility index (Phi) is 7.05. The molecule has 0 bridgehead atoms. The monoisotopic (exact) mass is 442 g/mol. The molecule has 1 saturated heterocycles. The van der Waals surface area contributed by atoms with Gasteiger partial charge in [0.05, 0.1) is 0 Å². The molecule has 1 fully saturated rings. The SMILES string of the molecule is C[C@@H]1CN(Cc2ccc(Br)cc2)C[C@H](C)N1Cc1ccc(/C=C/C(=O)O)cc1. The van der Waals surface area contributed by atoms with Gasteiger partial charge >= 0.3 is 5.97 Å². The van der Waals surface area contributed by atoms with E-state index < -0.39 is 5.97 Å². The predicted octanol–water partition coefficient (Wildman–Crippen LogP) is 4.64. The fourth-order valence-corrected chi connectivity index (χ4v) is 4.13. The predicted molar refractivity (Wildman–Crippen MR) is 117 cm³/mol. The van der Waals surface area contributed by atoms with Gasteiger partial charge in [-0.15, -0.1) is 0 Å². The van der Waals surface area contributed by atoms with Crippen LogP contribution in [0.25, 0.3) is 6.08 Å². The van der Waals surface area contributed by atoms with Crippen LogP contribution in [0.4, 0.5) is 0 Å². The topological polar surface area (TPSA) is 43.8 Å². The molecule has 1 aliphatic rings. The van der Waals surface area contributed by atoms with Gasteiger partial charge in [0.25, 0.3) is 0 Å². The summed E-state index contributed by atoms with van der Waals surface area (Å²) in [6, 6.07) is 17.7. The lowest BCUT2D eigenvalue weighted by atomic mass is 10.0. The van der Waals surface area contributed by atoms with Crippen LogP contribution in [-0.2, 0) is 17.9 Å². The minimum atomic E-state index is -0.923. The molecule has 1 N–H and O–H groups in total. The highest BCUT2D eigenvalue weighted by molar-refractivity contribution is 9.10. The lowest BCUT2D eigenvalue weighted by Crippen LogP contribution is -2.55. The normalized spacial score (nSPS) is 21.2. The van der Waals surface area contributed by atoms with Crippen molar-refractivity contribution in [1.29, 1.82) is 0 Å². The third-order valence-electron chi connectivity index (χ3n) is 5.26. The van der Waals surface area contributed by atoms with Gasteiger partial charge in [-0.2, -0.15) is 0 Å². The molecule has 0 amide bonds. The molecule has 0 aliphatic carbocycles. The fourth-order valence-electron chi connectivity index (χ4n) is 3.87. The second-order valence-corrected chi connectivity index (χ2v) is 8.52. The van der Waals surface area contributed by atoms with Gasteiger partial charge in [-0.25, -0.2) is 4.79 Å². The van der Waals surface area contributed by atoms with Gasteiger partial charge in [0, 0.05) is 48.8 Å². The average Bonchev–Trinajstić information content (AvgIpc) is 2.66. The molecule has 0 radical (unpaired) electrons. The number of nitrogens with zero attached hydrogens (tertiary/aromatic N) is 2. The van der Waals surface area contributed by atoms with Crippen molar-refractivity contribution in [3.8, 4) is 0 Å². The van der Waals surface area contributed by atoms with Gasteiger partial charge in [-0.1, -0.05) is 52.3 Å². The van der Waals surface area contributed by atoms with Crippen LogP contribution in [-0.4, -0.2) is 46.0 Å². The first-order valence-electron chi connectivity index (χ1n) is 9.63.